The summed E-state index contributed by atoms with van der Waals surface area (Å²) in [6.07, 6.45) is 1.11. The maximum atomic E-state index is 12.2. The standard InChI is InChI=1S/C19H27N3O2/c1-6-13(2)16-7-9-17(10-8-16)20-19(23)12-22(5)11-18-14(3)21-24-15(18)4/h7-10,13H,6,11-12H2,1-5H3,(H,20,23). The Bertz CT molecular complexity index is 657. The first-order valence-corrected chi connectivity index (χ1v) is 8.40. The van der Waals surface area contributed by atoms with Gasteiger partial charge in [0.15, 0.2) is 0 Å². The van der Waals surface area contributed by atoms with Gasteiger partial charge in [-0.05, 0) is 50.9 Å². The summed E-state index contributed by atoms with van der Waals surface area (Å²) in [7, 11) is 1.91. The molecule has 5 nitrogen and oxygen atoms in total. The zero-order valence-electron chi connectivity index (χ0n) is 15.2. The summed E-state index contributed by atoms with van der Waals surface area (Å²) in [6, 6.07) is 8.09. The Morgan fingerprint density at radius 3 is 2.50 bits per heavy atom. The Kier molecular flexibility index (Phi) is 6.15. The molecule has 1 N–H and O–H groups in total. The van der Waals surface area contributed by atoms with Gasteiger partial charge in [0, 0.05) is 17.8 Å². The van der Waals surface area contributed by atoms with E-state index in [1.807, 2.05) is 37.9 Å². The number of hydrogen-bond donors (Lipinski definition) is 1. The molecule has 0 radical (unpaired) electrons. The van der Waals surface area contributed by atoms with Gasteiger partial charge in [-0.15, -0.1) is 0 Å². The zero-order valence-corrected chi connectivity index (χ0v) is 15.2. The van der Waals surface area contributed by atoms with Crippen molar-refractivity contribution in [3.63, 3.8) is 0 Å². The molecule has 1 unspecified atom stereocenters. The summed E-state index contributed by atoms with van der Waals surface area (Å²) >= 11 is 0. The topological polar surface area (TPSA) is 58.4 Å². The van der Waals surface area contributed by atoms with Gasteiger partial charge < -0.3 is 9.84 Å². The fourth-order valence-electron chi connectivity index (χ4n) is 2.63. The van der Waals surface area contributed by atoms with E-state index in [0.29, 0.717) is 19.0 Å². The number of rotatable bonds is 7. The van der Waals surface area contributed by atoms with Crippen molar-refractivity contribution in [1.29, 1.82) is 0 Å². The van der Waals surface area contributed by atoms with Crippen LogP contribution in [0.4, 0.5) is 5.69 Å². The average molecular weight is 329 g/mol. The number of benzene rings is 1. The fourth-order valence-corrected chi connectivity index (χ4v) is 2.63. The first-order valence-electron chi connectivity index (χ1n) is 8.40. The normalized spacial score (nSPS) is 12.4. The van der Waals surface area contributed by atoms with Gasteiger partial charge in [-0.2, -0.15) is 0 Å². The second kappa shape index (κ2) is 8.11. The highest BCUT2D eigenvalue weighted by Gasteiger charge is 2.14. The molecule has 2 aromatic rings. The van der Waals surface area contributed by atoms with Crippen LogP contribution in [-0.2, 0) is 11.3 Å². The molecule has 0 fully saturated rings. The van der Waals surface area contributed by atoms with Gasteiger partial charge in [-0.1, -0.05) is 31.1 Å². The maximum absolute atomic E-state index is 12.2. The van der Waals surface area contributed by atoms with Crippen molar-refractivity contribution in [3.05, 3.63) is 46.8 Å². The molecule has 1 amide bonds. The molecule has 1 aromatic carbocycles. The second-order valence-corrected chi connectivity index (χ2v) is 6.45. The highest BCUT2D eigenvalue weighted by Crippen LogP contribution is 2.20. The smallest absolute Gasteiger partial charge is 0.238 e. The summed E-state index contributed by atoms with van der Waals surface area (Å²) in [5.74, 6) is 1.32. The van der Waals surface area contributed by atoms with Crippen molar-refractivity contribution < 1.29 is 9.32 Å². The van der Waals surface area contributed by atoms with Crippen molar-refractivity contribution in [2.45, 2.75) is 46.6 Å². The van der Waals surface area contributed by atoms with Crippen LogP contribution in [0.2, 0.25) is 0 Å². The predicted molar refractivity (Wildman–Crippen MR) is 96.1 cm³/mol. The van der Waals surface area contributed by atoms with Gasteiger partial charge in [0.25, 0.3) is 0 Å². The Balaban J connectivity index is 1.88. The minimum absolute atomic E-state index is 0.0273. The molecule has 5 heteroatoms. The summed E-state index contributed by atoms with van der Waals surface area (Å²) in [6.45, 7) is 9.14. The molecule has 24 heavy (non-hydrogen) atoms. The lowest BCUT2D eigenvalue weighted by Gasteiger charge is -2.16. The van der Waals surface area contributed by atoms with Crippen LogP contribution in [0.15, 0.2) is 28.8 Å². The molecule has 130 valence electrons. The van der Waals surface area contributed by atoms with Gasteiger partial charge in [-0.3, -0.25) is 9.69 Å². The fraction of sp³-hybridized carbons (Fsp3) is 0.474. The Labute approximate surface area is 144 Å². The molecular formula is C19H27N3O2. The van der Waals surface area contributed by atoms with E-state index in [4.69, 9.17) is 4.52 Å². The highest BCUT2D eigenvalue weighted by molar-refractivity contribution is 5.92. The number of carbonyl (C=O) groups excluding carboxylic acids is 1. The molecule has 1 heterocycles. The van der Waals surface area contributed by atoms with Crippen LogP contribution in [-0.4, -0.2) is 29.6 Å². The summed E-state index contributed by atoms with van der Waals surface area (Å²) < 4.78 is 5.16. The number of nitrogens with one attached hydrogen (secondary N) is 1. The molecule has 2 rings (SSSR count). The van der Waals surface area contributed by atoms with Gasteiger partial charge in [0.05, 0.1) is 12.2 Å². The predicted octanol–water partition coefficient (Wildman–Crippen LogP) is 3.88. The number of likely N-dealkylation sites (N-methyl/N-ethyl adjacent to an activating group) is 1. The monoisotopic (exact) mass is 329 g/mol. The van der Waals surface area contributed by atoms with E-state index < -0.39 is 0 Å². The van der Waals surface area contributed by atoms with Crippen LogP contribution in [0, 0.1) is 13.8 Å². The first-order chi connectivity index (χ1) is 11.4. The van der Waals surface area contributed by atoms with Gasteiger partial charge in [0.1, 0.15) is 5.76 Å². The lowest BCUT2D eigenvalue weighted by atomic mass is 9.99. The lowest BCUT2D eigenvalue weighted by Crippen LogP contribution is -2.30. The highest BCUT2D eigenvalue weighted by atomic mass is 16.5. The van der Waals surface area contributed by atoms with E-state index in [2.05, 4.69) is 36.5 Å². The van der Waals surface area contributed by atoms with E-state index in [1.165, 1.54) is 5.56 Å². The maximum Gasteiger partial charge on any atom is 0.238 e. The third-order valence-corrected chi connectivity index (χ3v) is 4.40. The third kappa shape index (κ3) is 4.68. The van der Waals surface area contributed by atoms with E-state index >= 15 is 0 Å². The largest absolute Gasteiger partial charge is 0.361 e. The minimum atomic E-state index is -0.0273. The van der Waals surface area contributed by atoms with Gasteiger partial charge >= 0.3 is 0 Å². The summed E-state index contributed by atoms with van der Waals surface area (Å²) in [5, 5.41) is 6.89. The second-order valence-electron chi connectivity index (χ2n) is 6.45. The lowest BCUT2D eigenvalue weighted by molar-refractivity contribution is -0.117. The molecule has 1 aromatic heterocycles. The molecule has 0 saturated heterocycles. The minimum Gasteiger partial charge on any atom is -0.361 e. The Hall–Kier alpha value is -2.14. The van der Waals surface area contributed by atoms with Crippen LogP contribution in [0.1, 0.15) is 48.8 Å². The number of aromatic nitrogens is 1. The summed E-state index contributed by atoms with van der Waals surface area (Å²) in [5.41, 5.74) is 4.05. The third-order valence-electron chi connectivity index (χ3n) is 4.40. The van der Waals surface area contributed by atoms with E-state index in [0.717, 1.165) is 29.1 Å². The van der Waals surface area contributed by atoms with Gasteiger partial charge in [-0.25, -0.2) is 0 Å². The van der Waals surface area contributed by atoms with E-state index in [1.54, 1.807) is 0 Å². The molecule has 0 aliphatic rings. The Morgan fingerprint density at radius 2 is 1.96 bits per heavy atom. The summed E-state index contributed by atoms with van der Waals surface area (Å²) in [4.78, 5) is 14.2. The SMILES string of the molecule is CCC(C)c1ccc(NC(=O)CN(C)Cc2c(C)noc2C)cc1. The molecule has 0 spiro atoms. The van der Waals surface area contributed by atoms with Gasteiger partial charge in [0.2, 0.25) is 5.91 Å². The zero-order chi connectivity index (χ0) is 17.7. The van der Waals surface area contributed by atoms with Crippen molar-refractivity contribution in [2.75, 3.05) is 18.9 Å². The quantitative estimate of drug-likeness (QED) is 0.837. The molecule has 1 atom stereocenters. The first kappa shape index (κ1) is 18.2. The van der Waals surface area contributed by atoms with Crippen LogP contribution < -0.4 is 5.32 Å². The molecule has 0 aliphatic heterocycles. The molecule has 0 aliphatic carbocycles. The van der Waals surface area contributed by atoms with Crippen molar-refractivity contribution in [1.82, 2.24) is 10.1 Å². The molecular weight excluding hydrogens is 302 g/mol. The number of anilines is 1. The number of amides is 1. The Morgan fingerprint density at radius 1 is 1.29 bits per heavy atom. The van der Waals surface area contributed by atoms with Crippen LogP contribution in [0.25, 0.3) is 0 Å². The number of carbonyl (C=O) groups is 1. The van der Waals surface area contributed by atoms with E-state index in [-0.39, 0.29) is 5.91 Å². The van der Waals surface area contributed by atoms with Crippen LogP contribution >= 0.6 is 0 Å². The number of aryl methyl sites for hydroxylation is 2. The average Bonchev–Trinajstić information content (AvgIpc) is 2.86. The van der Waals surface area contributed by atoms with Crippen molar-refractivity contribution >= 4 is 11.6 Å². The van der Waals surface area contributed by atoms with Crippen LogP contribution in [0.5, 0.6) is 0 Å². The number of hydrogen-bond acceptors (Lipinski definition) is 4. The van der Waals surface area contributed by atoms with Crippen LogP contribution in [0.3, 0.4) is 0 Å². The van der Waals surface area contributed by atoms with Crippen molar-refractivity contribution in [3.8, 4) is 0 Å². The van der Waals surface area contributed by atoms with Crippen molar-refractivity contribution in [2.24, 2.45) is 0 Å². The molecule has 0 bridgehead atoms. The van der Waals surface area contributed by atoms with E-state index in [9.17, 15) is 4.79 Å². The number of nitrogens with zero attached hydrogens (tertiary/aromatic N) is 2. The molecule has 0 saturated carbocycles.